The van der Waals surface area contributed by atoms with Crippen molar-refractivity contribution in [2.75, 3.05) is 13.1 Å². The molecule has 1 aromatic heterocycles. The number of amides is 1. The molecule has 1 aliphatic heterocycles. The molecule has 1 atom stereocenters. The SMILES string of the molecule is N[C@@H](CC1CCCCC1)C(=O)N1CCC(C(=O)O)(n2cccn2)CC1. The quantitative estimate of drug-likeness (QED) is 0.841. The minimum atomic E-state index is -1.06. The normalized spacial score (nSPS) is 22.5. The van der Waals surface area contributed by atoms with Gasteiger partial charge in [0.05, 0.1) is 6.04 Å². The van der Waals surface area contributed by atoms with Crippen LogP contribution < -0.4 is 5.73 Å². The van der Waals surface area contributed by atoms with E-state index in [4.69, 9.17) is 5.73 Å². The lowest BCUT2D eigenvalue weighted by molar-refractivity contribution is -0.153. The summed E-state index contributed by atoms with van der Waals surface area (Å²) in [5.41, 5.74) is 5.11. The Labute approximate surface area is 148 Å². The van der Waals surface area contributed by atoms with Gasteiger partial charge in [0.1, 0.15) is 0 Å². The van der Waals surface area contributed by atoms with E-state index in [2.05, 4.69) is 5.10 Å². The molecule has 1 aromatic rings. The van der Waals surface area contributed by atoms with Gasteiger partial charge in [-0.1, -0.05) is 32.1 Å². The summed E-state index contributed by atoms with van der Waals surface area (Å²) in [7, 11) is 0. The lowest BCUT2D eigenvalue weighted by Gasteiger charge is -2.40. The van der Waals surface area contributed by atoms with Crippen molar-refractivity contribution in [1.29, 1.82) is 0 Å². The highest BCUT2D eigenvalue weighted by atomic mass is 16.4. The molecule has 0 unspecified atom stereocenters. The van der Waals surface area contributed by atoms with Gasteiger partial charge in [-0.3, -0.25) is 9.48 Å². The maximum atomic E-state index is 12.7. The summed E-state index contributed by atoms with van der Waals surface area (Å²) in [6.45, 7) is 0.812. The molecule has 3 N–H and O–H groups in total. The molecule has 7 nitrogen and oxygen atoms in total. The first-order valence-corrected chi connectivity index (χ1v) is 9.31. The lowest BCUT2D eigenvalue weighted by Crippen LogP contribution is -2.55. The first-order chi connectivity index (χ1) is 12.0. The second kappa shape index (κ2) is 7.56. The van der Waals surface area contributed by atoms with Gasteiger partial charge in [-0.25, -0.2) is 4.79 Å². The number of likely N-dealkylation sites (tertiary alicyclic amines) is 1. The van der Waals surface area contributed by atoms with Gasteiger partial charge in [-0.2, -0.15) is 5.10 Å². The van der Waals surface area contributed by atoms with Gasteiger partial charge in [0, 0.05) is 38.3 Å². The molecule has 0 radical (unpaired) electrons. The molecule has 1 saturated carbocycles. The van der Waals surface area contributed by atoms with Crippen molar-refractivity contribution >= 4 is 11.9 Å². The summed E-state index contributed by atoms with van der Waals surface area (Å²) in [4.78, 5) is 26.3. The Morgan fingerprint density at radius 2 is 1.92 bits per heavy atom. The maximum Gasteiger partial charge on any atom is 0.331 e. The third-order valence-electron chi connectivity index (χ3n) is 5.87. The zero-order valence-electron chi connectivity index (χ0n) is 14.6. The summed E-state index contributed by atoms with van der Waals surface area (Å²) < 4.78 is 1.51. The third kappa shape index (κ3) is 3.71. The summed E-state index contributed by atoms with van der Waals surface area (Å²) in [6, 6.07) is 1.26. The maximum absolute atomic E-state index is 12.7. The van der Waals surface area contributed by atoms with E-state index in [1.807, 2.05) is 0 Å². The zero-order valence-corrected chi connectivity index (χ0v) is 14.6. The van der Waals surface area contributed by atoms with Gasteiger partial charge >= 0.3 is 5.97 Å². The molecule has 0 aromatic carbocycles. The third-order valence-corrected chi connectivity index (χ3v) is 5.87. The number of aliphatic carboxylic acids is 1. The molecule has 1 aliphatic carbocycles. The number of rotatable bonds is 5. The number of carboxylic acids is 1. The van der Waals surface area contributed by atoms with Crippen LogP contribution in [0.3, 0.4) is 0 Å². The lowest BCUT2D eigenvalue weighted by atomic mass is 9.84. The topological polar surface area (TPSA) is 101 Å². The van der Waals surface area contributed by atoms with Crippen LogP contribution in [0.25, 0.3) is 0 Å². The van der Waals surface area contributed by atoms with E-state index in [1.165, 1.54) is 36.8 Å². The van der Waals surface area contributed by atoms with E-state index in [0.29, 0.717) is 31.8 Å². The number of carbonyl (C=O) groups excluding carboxylic acids is 1. The molecule has 138 valence electrons. The second-order valence-electron chi connectivity index (χ2n) is 7.46. The minimum Gasteiger partial charge on any atom is -0.479 e. The number of carbonyl (C=O) groups is 2. The Kier molecular flexibility index (Phi) is 5.42. The van der Waals surface area contributed by atoms with Crippen LogP contribution >= 0.6 is 0 Å². The molecule has 25 heavy (non-hydrogen) atoms. The molecule has 1 amide bonds. The largest absolute Gasteiger partial charge is 0.479 e. The molecule has 2 aliphatic rings. The van der Waals surface area contributed by atoms with Crippen LogP contribution in [-0.2, 0) is 15.1 Å². The van der Waals surface area contributed by atoms with Gasteiger partial charge in [0.15, 0.2) is 5.54 Å². The van der Waals surface area contributed by atoms with Crippen molar-refractivity contribution in [2.45, 2.75) is 62.9 Å². The van der Waals surface area contributed by atoms with Gasteiger partial charge in [-0.15, -0.1) is 0 Å². The number of aromatic nitrogens is 2. The van der Waals surface area contributed by atoms with Crippen molar-refractivity contribution < 1.29 is 14.7 Å². The summed E-state index contributed by atoms with van der Waals surface area (Å²) >= 11 is 0. The highest BCUT2D eigenvalue weighted by molar-refractivity contribution is 5.82. The fourth-order valence-corrected chi connectivity index (χ4v) is 4.28. The van der Waals surface area contributed by atoms with Crippen LogP contribution in [-0.4, -0.2) is 50.8 Å². The van der Waals surface area contributed by atoms with Crippen LogP contribution in [0.2, 0.25) is 0 Å². The average Bonchev–Trinajstić information content (AvgIpc) is 3.17. The summed E-state index contributed by atoms with van der Waals surface area (Å²) in [5.74, 6) is -0.375. The summed E-state index contributed by atoms with van der Waals surface area (Å²) in [5, 5.41) is 13.8. The van der Waals surface area contributed by atoms with Crippen LogP contribution in [0.4, 0.5) is 0 Å². The molecule has 7 heteroatoms. The molecule has 2 fully saturated rings. The number of piperidine rings is 1. The fourth-order valence-electron chi connectivity index (χ4n) is 4.28. The number of nitrogens with two attached hydrogens (primary N) is 1. The average molecular weight is 348 g/mol. The molecule has 3 rings (SSSR count). The van der Waals surface area contributed by atoms with E-state index in [1.54, 1.807) is 23.4 Å². The van der Waals surface area contributed by atoms with Crippen LogP contribution in [0.1, 0.15) is 51.4 Å². The first-order valence-electron chi connectivity index (χ1n) is 9.31. The monoisotopic (exact) mass is 348 g/mol. The number of hydrogen-bond acceptors (Lipinski definition) is 4. The van der Waals surface area contributed by atoms with E-state index in [0.717, 1.165) is 6.42 Å². The highest BCUT2D eigenvalue weighted by Gasteiger charge is 2.45. The van der Waals surface area contributed by atoms with E-state index in [-0.39, 0.29) is 5.91 Å². The minimum absolute atomic E-state index is 0.0370. The van der Waals surface area contributed by atoms with E-state index < -0.39 is 17.6 Å². The number of carboxylic acid groups (broad SMARTS) is 1. The van der Waals surface area contributed by atoms with Crippen molar-refractivity contribution in [3.05, 3.63) is 18.5 Å². The zero-order chi connectivity index (χ0) is 17.9. The van der Waals surface area contributed by atoms with Crippen molar-refractivity contribution in [3.8, 4) is 0 Å². The Morgan fingerprint density at radius 1 is 1.24 bits per heavy atom. The highest BCUT2D eigenvalue weighted by Crippen LogP contribution is 2.31. The Morgan fingerprint density at radius 3 is 2.48 bits per heavy atom. The van der Waals surface area contributed by atoms with Gasteiger partial charge in [0.2, 0.25) is 5.91 Å². The molecular weight excluding hydrogens is 320 g/mol. The summed E-state index contributed by atoms with van der Waals surface area (Å²) in [6.07, 6.45) is 10.8. The molecule has 0 bridgehead atoms. The molecule has 1 saturated heterocycles. The predicted molar refractivity (Wildman–Crippen MR) is 92.8 cm³/mol. The van der Waals surface area contributed by atoms with Gasteiger partial charge < -0.3 is 15.7 Å². The van der Waals surface area contributed by atoms with Gasteiger partial charge in [0.25, 0.3) is 0 Å². The Balaban J connectivity index is 1.59. The number of hydrogen-bond donors (Lipinski definition) is 2. The molecule has 0 spiro atoms. The van der Waals surface area contributed by atoms with Crippen LogP contribution in [0.15, 0.2) is 18.5 Å². The molecule has 2 heterocycles. The smallest absolute Gasteiger partial charge is 0.331 e. The van der Waals surface area contributed by atoms with Crippen LogP contribution in [0.5, 0.6) is 0 Å². The van der Waals surface area contributed by atoms with Crippen molar-refractivity contribution in [1.82, 2.24) is 14.7 Å². The standard InChI is InChI=1S/C18H28N4O3/c19-15(13-14-5-2-1-3-6-14)16(23)21-11-7-18(8-12-21,17(24)25)22-10-4-9-20-22/h4,9-10,14-15H,1-3,5-8,11-13,19H2,(H,24,25)/t15-/m0/s1. The first kappa shape index (κ1) is 17.9. The Bertz CT molecular complexity index is 587. The van der Waals surface area contributed by atoms with E-state index in [9.17, 15) is 14.7 Å². The predicted octanol–water partition coefficient (Wildman–Crippen LogP) is 1.58. The van der Waals surface area contributed by atoms with Crippen LogP contribution in [0, 0.1) is 5.92 Å². The van der Waals surface area contributed by atoms with Gasteiger partial charge in [-0.05, 0) is 18.4 Å². The molecular formula is C18H28N4O3. The van der Waals surface area contributed by atoms with Crippen molar-refractivity contribution in [2.24, 2.45) is 11.7 Å². The second-order valence-corrected chi connectivity index (χ2v) is 7.46. The number of nitrogens with zero attached hydrogens (tertiary/aromatic N) is 3. The fraction of sp³-hybridized carbons (Fsp3) is 0.722. The Hall–Kier alpha value is -1.89. The van der Waals surface area contributed by atoms with Crippen molar-refractivity contribution in [3.63, 3.8) is 0 Å². The van der Waals surface area contributed by atoms with E-state index >= 15 is 0 Å².